The van der Waals surface area contributed by atoms with Crippen LogP contribution >= 0.6 is 24.0 Å². The fraction of sp³-hybridized carbons (Fsp3) is 0.500. The average molecular weight is 407 g/mol. The van der Waals surface area contributed by atoms with Crippen LogP contribution in [-0.2, 0) is 11.3 Å². The average Bonchev–Trinajstić information content (AvgIpc) is 2.52. The molecule has 1 aromatic carbocycles. The Morgan fingerprint density at radius 1 is 1.29 bits per heavy atom. The largest absolute Gasteiger partial charge is 0.493 e. The van der Waals surface area contributed by atoms with Crippen LogP contribution in [0.25, 0.3) is 0 Å². The van der Waals surface area contributed by atoms with E-state index in [1.807, 2.05) is 23.1 Å². The zero-order chi connectivity index (χ0) is 14.4. The molecular weight excluding hydrogens is 385 g/mol. The Morgan fingerprint density at radius 3 is 2.62 bits per heavy atom. The predicted octanol–water partition coefficient (Wildman–Crippen LogP) is 1.47. The third-order valence-electron chi connectivity index (χ3n) is 3.23. The summed E-state index contributed by atoms with van der Waals surface area (Å²) in [5.74, 6) is 1.94. The molecule has 2 N–H and O–H groups in total. The minimum absolute atomic E-state index is 0. The summed E-state index contributed by atoms with van der Waals surface area (Å²) >= 11 is 0. The lowest BCUT2D eigenvalue weighted by atomic mass is 10.2. The lowest BCUT2D eigenvalue weighted by molar-refractivity contribution is 0.0674. The van der Waals surface area contributed by atoms with E-state index in [2.05, 4.69) is 4.99 Å². The summed E-state index contributed by atoms with van der Waals surface area (Å²) in [4.78, 5) is 6.46. The zero-order valence-electron chi connectivity index (χ0n) is 12.4. The van der Waals surface area contributed by atoms with Crippen molar-refractivity contribution in [3.63, 3.8) is 0 Å². The molecular formula is C14H22IN3O3. The summed E-state index contributed by atoms with van der Waals surface area (Å²) in [6.45, 7) is 3.41. The van der Waals surface area contributed by atoms with Crippen molar-refractivity contribution in [1.82, 2.24) is 4.90 Å². The summed E-state index contributed by atoms with van der Waals surface area (Å²) in [7, 11) is 3.24. The summed E-state index contributed by atoms with van der Waals surface area (Å²) in [6.07, 6.45) is 0. The smallest absolute Gasteiger partial charge is 0.191 e. The number of halogens is 1. The normalized spacial score (nSPS) is 15.3. The Balaban J connectivity index is 0.00000220. The number of benzene rings is 1. The van der Waals surface area contributed by atoms with Crippen molar-refractivity contribution in [2.24, 2.45) is 10.7 Å². The topological polar surface area (TPSA) is 69.3 Å². The monoisotopic (exact) mass is 407 g/mol. The molecule has 1 saturated heterocycles. The van der Waals surface area contributed by atoms with Gasteiger partial charge in [-0.1, -0.05) is 12.1 Å². The number of nitrogens with zero attached hydrogens (tertiary/aromatic N) is 2. The van der Waals surface area contributed by atoms with Crippen molar-refractivity contribution in [3.8, 4) is 11.5 Å². The molecule has 1 heterocycles. The van der Waals surface area contributed by atoms with E-state index in [9.17, 15) is 0 Å². The van der Waals surface area contributed by atoms with E-state index in [0.717, 1.165) is 18.7 Å². The van der Waals surface area contributed by atoms with Crippen molar-refractivity contribution < 1.29 is 14.2 Å². The van der Waals surface area contributed by atoms with Gasteiger partial charge in [0.05, 0.1) is 34.0 Å². The molecule has 1 fully saturated rings. The van der Waals surface area contributed by atoms with Crippen molar-refractivity contribution in [1.29, 1.82) is 0 Å². The highest BCUT2D eigenvalue weighted by atomic mass is 127. The van der Waals surface area contributed by atoms with E-state index in [1.54, 1.807) is 14.2 Å². The van der Waals surface area contributed by atoms with E-state index >= 15 is 0 Å². The molecule has 0 saturated carbocycles. The van der Waals surface area contributed by atoms with Gasteiger partial charge >= 0.3 is 0 Å². The number of aliphatic imine (C=N–C) groups is 1. The number of ether oxygens (including phenoxy) is 3. The number of rotatable bonds is 4. The maximum atomic E-state index is 6.01. The van der Waals surface area contributed by atoms with Crippen LogP contribution in [0.3, 0.4) is 0 Å². The molecule has 118 valence electrons. The first-order valence-electron chi connectivity index (χ1n) is 6.58. The molecule has 1 aliphatic heterocycles. The van der Waals surface area contributed by atoms with E-state index in [1.165, 1.54) is 0 Å². The van der Waals surface area contributed by atoms with Crippen molar-refractivity contribution in [3.05, 3.63) is 23.8 Å². The van der Waals surface area contributed by atoms with Crippen LogP contribution in [0.5, 0.6) is 11.5 Å². The number of morpholine rings is 1. The van der Waals surface area contributed by atoms with Gasteiger partial charge in [-0.25, -0.2) is 4.99 Å². The second-order valence-corrected chi connectivity index (χ2v) is 4.43. The maximum Gasteiger partial charge on any atom is 0.191 e. The Kier molecular flexibility index (Phi) is 7.58. The molecule has 21 heavy (non-hydrogen) atoms. The number of para-hydroxylation sites is 1. The van der Waals surface area contributed by atoms with Gasteiger partial charge in [0.1, 0.15) is 0 Å². The molecule has 0 aliphatic carbocycles. The zero-order valence-corrected chi connectivity index (χ0v) is 14.7. The van der Waals surface area contributed by atoms with E-state index < -0.39 is 0 Å². The maximum absolute atomic E-state index is 6.01. The Labute approximate surface area is 142 Å². The number of nitrogens with two attached hydrogens (primary N) is 1. The van der Waals surface area contributed by atoms with Crippen molar-refractivity contribution in [2.75, 3.05) is 40.5 Å². The van der Waals surface area contributed by atoms with E-state index in [4.69, 9.17) is 19.9 Å². The fourth-order valence-corrected chi connectivity index (χ4v) is 2.14. The molecule has 2 rings (SSSR count). The number of hydrogen-bond donors (Lipinski definition) is 1. The molecule has 0 bridgehead atoms. The van der Waals surface area contributed by atoms with Crippen LogP contribution in [0.2, 0.25) is 0 Å². The minimum atomic E-state index is 0. The first-order valence-corrected chi connectivity index (χ1v) is 6.58. The molecule has 0 atom stereocenters. The van der Waals surface area contributed by atoms with Gasteiger partial charge in [-0.2, -0.15) is 0 Å². The van der Waals surface area contributed by atoms with Crippen LogP contribution in [0.15, 0.2) is 23.2 Å². The van der Waals surface area contributed by atoms with Crippen LogP contribution in [-0.4, -0.2) is 51.4 Å². The van der Waals surface area contributed by atoms with Gasteiger partial charge in [-0.15, -0.1) is 24.0 Å². The van der Waals surface area contributed by atoms with Crippen LogP contribution in [0.1, 0.15) is 5.56 Å². The lowest BCUT2D eigenvalue weighted by Gasteiger charge is -2.27. The van der Waals surface area contributed by atoms with Gasteiger partial charge in [0.2, 0.25) is 0 Å². The highest BCUT2D eigenvalue weighted by Crippen LogP contribution is 2.31. The molecule has 1 aliphatic rings. The standard InChI is InChI=1S/C14H21N3O3.HI/c1-18-12-5-3-4-11(13(12)19-2)10-16-14(15)17-6-8-20-9-7-17;/h3-5H,6-10H2,1-2H3,(H2,15,16);1H. The fourth-order valence-electron chi connectivity index (χ4n) is 2.14. The van der Waals surface area contributed by atoms with Crippen LogP contribution < -0.4 is 15.2 Å². The molecule has 0 spiro atoms. The Morgan fingerprint density at radius 2 is 2.00 bits per heavy atom. The van der Waals surface area contributed by atoms with Crippen molar-refractivity contribution >= 4 is 29.9 Å². The minimum Gasteiger partial charge on any atom is -0.493 e. The lowest BCUT2D eigenvalue weighted by Crippen LogP contribution is -2.44. The second kappa shape index (κ2) is 8.93. The Bertz CT molecular complexity index is 477. The molecule has 1 aromatic rings. The SMILES string of the molecule is COc1cccc(CN=C(N)N2CCOCC2)c1OC.I. The summed E-state index contributed by atoms with van der Waals surface area (Å²) in [6, 6.07) is 5.73. The Hall–Kier alpha value is -1.22. The van der Waals surface area contributed by atoms with Gasteiger partial charge in [0, 0.05) is 18.7 Å². The molecule has 0 unspecified atom stereocenters. The van der Waals surface area contributed by atoms with Crippen LogP contribution in [0, 0.1) is 0 Å². The van der Waals surface area contributed by atoms with Gasteiger partial charge in [-0.05, 0) is 6.07 Å². The first-order chi connectivity index (χ1) is 9.76. The molecule has 0 aromatic heterocycles. The van der Waals surface area contributed by atoms with Gasteiger partial charge in [-0.3, -0.25) is 0 Å². The summed E-state index contributed by atoms with van der Waals surface area (Å²) in [5.41, 5.74) is 6.95. The number of guanidine groups is 1. The molecule has 7 heteroatoms. The number of hydrogen-bond acceptors (Lipinski definition) is 4. The summed E-state index contributed by atoms with van der Waals surface area (Å²) in [5, 5.41) is 0. The molecule has 0 amide bonds. The highest BCUT2D eigenvalue weighted by molar-refractivity contribution is 14.0. The van der Waals surface area contributed by atoms with Gasteiger partial charge < -0.3 is 24.8 Å². The summed E-state index contributed by atoms with van der Waals surface area (Å²) < 4.78 is 15.9. The molecule has 6 nitrogen and oxygen atoms in total. The van der Waals surface area contributed by atoms with Crippen molar-refractivity contribution in [2.45, 2.75) is 6.54 Å². The van der Waals surface area contributed by atoms with Gasteiger partial charge in [0.15, 0.2) is 17.5 Å². The quantitative estimate of drug-likeness (QED) is 0.465. The second-order valence-electron chi connectivity index (χ2n) is 4.43. The van der Waals surface area contributed by atoms with Gasteiger partial charge in [0.25, 0.3) is 0 Å². The predicted molar refractivity (Wildman–Crippen MR) is 92.7 cm³/mol. The third kappa shape index (κ3) is 4.63. The third-order valence-corrected chi connectivity index (χ3v) is 3.23. The highest BCUT2D eigenvalue weighted by Gasteiger charge is 2.13. The number of methoxy groups -OCH3 is 2. The first kappa shape index (κ1) is 17.8. The van der Waals surface area contributed by atoms with E-state index in [-0.39, 0.29) is 24.0 Å². The van der Waals surface area contributed by atoms with Crippen LogP contribution in [0.4, 0.5) is 0 Å². The molecule has 0 radical (unpaired) electrons. The van der Waals surface area contributed by atoms with E-state index in [0.29, 0.717) is 37.2 Å².